The van der Waals surface area contributed by atoms with E-state index in [0.717, 1.165) is 25.9 Å². The maximum atomic E-state index is 6.45. The number of fused-ring (bicyclic) bond motifs is 1. The molecule has 0 amide bonds. The molecule has 110 valence electrons. The summed E-state index contributed by atoms with van der Waals surface area (Å²) in [6, 6.07) is 10.6. The van der Waals surface area contributed by atoms with E-state index in [2.05, 4.69) is 36.2 Å². The molecule has 2 N–H and O–H groups in total. The molecule has 0 fully saturated rings. The Kier molecular flexibility index (Phi) is 4.32. The number of aromatic nitrogens is 1. The average Bonchev–Trinajstić information content (AvgIpc) is 2.55. The van der Waals surface area contributed by atoms with Gasteiger partial charge in [-0.05, 0) is 47.6 Å². The van der Waals surface area contributed by atoms with Crippen molar-refractivity contribution in [3.63, 3.8) is 0 Å². The molecule has 2 heterocycles. The molecule has 0 radical (unpaired) electrons. The number of benzene rings is 1. The van der Waals surface area contributed by atoms with Gasteiger partial charge in [0.05, 0.1) is 12.7 Å². The minimum Gasteiger partial charge on any atom is -0.373 e. The van der Waals surface area contributed by atoms with Gasteiger partial charge in [-0.1, -0.05) is 31.2 Å². The summed E-state index contributed by atoms with van der Waals surface area (Å²) in [6.07, 6.45) is 6.61. The van der Waals surface area contributed by atoms with Crippen LogP contribution in [0.15, 0.2) is 42.7 Å². The van der Waals surface area contributed by atoms with Gasteiger partial charge in [0.15, 0.2) is 0 Å². The van der Waals surface area contributed by atoms with E-state index in [1.807, 2.05) is 18.5 Å². The van der Waals surface area contributed by atoms with E-state index >= 15 is 0 Å². The van der Waals surface area contributed by atoms with Crippen LogP contribution in [0.1, 0.15) is 47.7 Å². The maximum absolute atomic E-state index is 6.45. The van der Waals surface area contributed by atoms with Crippen LogP contribution in [-0.2, 0) is 17.6 Å². The average molecular weight is 282 g/mol. The monoisotopic (exact) mass is 282 g/mol. The first-order valence-corrected chi connectivity index (χ1v) is 7.67. The lowest BCUT2D eigenvalue weighted by atomic mass is 9.90. The predicted octanol–water partition coefficient (Wildman–Crippen LogP) is 3.35. The largest absolute Gasteiger partial charge is 0.373 e. The van der Waals surface area contributed by atoms with Gasteiger partial charge in [0.25, 0.3) is 0 Å². The Balaban J connectivity index is 1.81. The van der Waals surface area contributed by atoms with E-state index in [0.29, 0.717) is 0 Å². The molecule has 1 aliphatic rings. The summed E-state index contributed by atoms with van der Waals surface area (Å²) in [4.78, 5) is 4.19. The summed E-state index contributed by atoms with van der Waals surface area (Å²) in [5, 5.41) is 0. The zero-order valence-corrected chi connectivity index (χ0v) is 12.5. The molecule has 0 saturated heterocycles. The Morgan fingerprint density at radius 3 is 3.05 bits per heavy atom. The zero-order chi connectivity index (χ0) is 14.7. The molecule has 3 heteroatoms. The van der Waals surface area contributed by atoms with E-state index in [1.54, 1.807) is 0 Å². The molecule has 1 aliphatic heterocycles. The van der Waals surface area contributed by atoms with E-state index in [-0.39, 0.29) is 12.1 Å². The van der Waals surface area contributed by atoms with Crippen LogP contribution in [0.3, 0.4) is 0 Å². The van der Waals surface area contributed by atoms with Gasteiger partial charge in [0, 0.05) is 18.4 Å². The number of nitrogens with zero attached hydrogens (tertiary/aromatic N) is 1. The maximum Gasteiger partial charge on any atom is 0.0845 e. The van der Waals surface area contributed by atoms with E-state index < -0.39 is 0 Å². The SMILES string of the molecule is CCc1cnccc1C(N)CC1OCCc2ccccc21. The van der Waals surface area contributed by atoms with Crippen molar-refractivity contribution in [3.8, 4) is 0 Å². The highest BCUT2D eigenvalue weighted by molar-refractivity contribution is 5.32. The Bertz CT molecular complexity index is 612. The number of pyridine rings is 1. The van der Waals surface area contributed by atoms with Gasteiger partial charge in [-0.15, -0.1) is 0 Å². The van der Waals surface area contributed by atoms with Crippen molar-refractivity contribution in [2.45, 2.75) is 38.3 Å². The molecule has 2 unspecified atom stereocenters. The molecule has 3 nitrogen and oxygen atoms in total. The lowest BCUT2D eigenvalue weighted by Crippen LogP contribution is -2.22. The Hall–Kier alpha value is -1.71. The first kappa shape index (κ1) is 14.2. The molecule has 0 saturated carbocycles. The second-order valence-electron chi connectivity index (χ2n) is 5.58. The fourth-order valence-electron chi connectivity index (χ4n) is 3.12. The summed E-state index contributed by atoms with van der Waals surface area (Å²) in [5.74, 6) is 0. The fraction of sp³-hybridized carbons (Fsp3) is 0.389. The summed E-state index contributed by atoms with van der Waals surface area (Å²) in [7, 11) is 0. The predicted molar refractivity (Wildman–Crippen MR) is 84.0 cm³/mol. The minimum atomic E-state index is -0.0147. The number of nitrogens with two attached hydrogens (primary N) is 1. The van der Waals surface area contributed by atoms with Crippen molar-refractivity contribution in [2.75, 3.05) is 6.61 Å². The van der Waals surface area contributed by atoms with Crippen molar-refractivity contribution in [1.82, 2.24) is 4.98 Å². The molecule has 0 bridgehead atoms. The topological polar surface area (TPSA) is 48.1 Å². The quantitative estimate of drug-likeness (QED) is 0.935. The van der Waals surface area contributed by atoms with E-state index in [4.69, 9.17) is 10.5 Å². The van der Waals surface area contributed by atoms with Crippen molar-refractivity contribution in [3.05, 3.63) is 65.0 Å². The fourth-order valence-corrected chi connectivity index (χ4v) is 3.12. The van der Waals surface area contributed by atoms with Crippen LogP contribution in [0.25, 0.3) is 0 Å². The Morgan fingerprint density at radius 1 is 1.33 bits per heavy atom. The van der Waals surface area contributed by atoms with Crippen molar-refractivity contribution in [1.29, 1.82) is 0 Å². The van der Waals surface area contributed by atoms with Crippen molar-refractivity contribution in [2.24, 2.45) is 5.73 Å². The number of aryl methyl sites for hydroxylation is 1. The third kappa shape index (κ3) is 2.99. The normalized spacial score (nSPS) is 19.0. The molecule has 0 aliphatic carbocycles. The van der Waals surface area contributed by atoms with Gasteiger partial charge in [0.2, 0.25) is 0 Å². The van der Waals surface area contributed by atoms with Crippen LogP contribution in [0.2, 0.25) is 0 Å². The van der Waals surface area contributed by atoms with E-state index in [1.165, 1.54) is 22.3 Å². The van der Waals surface area contributed by atoms with Crippen LogP contribution in [-0.4, -0.2) is 11.6 Å². The van der Waals surface area contributed by atoms with Crippen LogP contribution >= 0.6 is 0 Å². The molecular weight excluding hydrogens is 260 g/mol. The zero-order valence-electron chi connectivity index (χ0n) is 12.5. The third-order valence-electron chi connectivity index (χ3n) is 4.28. The van der Waals surface area contributed by atoms with E-state index in [9.17, 15) is 0 Å². The van der Waals surface area contributed by atoms with Gasteiger partial charge in [-0.3, -0.25) is 4.98 Å². The van der Waals surface area contributed by atoms with Gasteiger partial charge in [0.1, 0.15) is 0 Å². The second kappa shape index (κ2) is 6.37. The van der Waals surface area contributed by atoms with Gasteiger partial charge in [-0.2, -0.15) is 0 Å². The highest BCUT2D eigenvalue weighted by Gasteiger charge is 2.24. The summed E-state index contributed by atoms with van der Waals surface area (Å²) >= 11 is 0. The smallest absolute Gasteiger partial charge is 0.0845 e. The highest BCUT2D eigenvalue weighted by Crippen LogP contribution is 2.34. The lowest BCUT2D eigenvalue weighted by molar-refractivity contribution is 0.0319. The van der Waals surface area contributed by atoms with Crippen molar-refractivity contribution < 1.29 is 4.74 Å². The molecule has 21 heavy (non-hydrogen) atoms. The molecule has 2 aromatic rings. The summed E-state index contributed by atoms with van der Waals surface area (Å²) in [6.45, 7) is 2.92. The molecule has 1 aromatic carbocycles. The highest BCUT2D eigenvalue weighted by atomic mass is 16.5. The standard InChI is InChI=1S/C18H22N2O/c1-2-13-12-20-9-7-15(13)17(19)11-18-16-6-4-3-5-14(16)8-10-21-18/h3-7,9,12,17-18H,2,8,10-11,19H2,1H3. The van der Waals surface area contributed by atoms with Crippen molar-refractivity contribution >= 4 is 0 Å². The summed E-state index contributed by atoms with van der Waals surface area (Å²) in [5.41, 5.74) is 11.6. The van der Waals surface area contributed by atoms with Crippen LogP contribution in [0, 0.1) is 0 Å². The Morgan fingerprint density at radius 2 is 2.19 bits per heavy atom. The number of rotatable bonds is 4. The summed E-state index contributed by atoms with van der Waals surface area (Å²) < 4.78 is 5.97. The first-order valence-electron chi connectivity index (χ1n) is 7.67. The third-order valence-corrected chi connectivity index (χ3v) is 4.28. The molecular formula is C18H22N2O. The second-order valence-corrected chi connectivity index (χ2v) is 5.58. The van der Waals surface area contributed by atoms with Crippen LogP contribution in [0.4, 0.5) is 0 Å². The van der Waals surface area contributed by atoms with Gasteiger partial charge >= 0.3 is 0 Å². The molecule has 1 aromatic heterocycles. The molecule has 0 spiro atoms. The number of ether oxygens (including phenoxy) is 1. The number of hydrogen-bond acceptors (Lipinski definition) is 3. The van der Waals surface area contributed by atoms with Crippen LogP contribution < -0.4 is 5.73 Å². The first-order chi connectivity index (χ1) is 10.3. The number of hydrogen-bond donors (Lipinski definition) is 1. The van der Waals surface area contributed by atoms with Gasteiger partial charge < -0.3 is 10.5 Å². The minimum absolute atomic E-state index is 0.0147. The van der Waals surface area contributed by atoms with Crippen LogP contribution in [0.5, 0.6) is 0 Å². The molecule has 2 atom stereocenters. The van der Waals surface area contributed by atoms with Gasteiger partial charge in [-0.25, -0.2) is 0 Å². The molecule has 3 rings (SSSR count). The lowest BCUT2D eigenvalue weighted by Gasteiger charge is -2.28. The Labute approximate surface area is 126 Å².